The van der Waals surface area contributed by atoms with Crippen molar-refractivity contribution in [2.75, 3.05) is 0 Å². The third-order valence-electron chi connectivity index (χ3n) is 5.44. The fourth-order valence-corrected chi connectivity index (χ4v) is 4.52. The number of rotatable bonds is 9. The van der Waals surface area contributed by atoms with Crippen molar-refractivity contribution in [2.24, 2.45) is 0 Å². The number of aliphatic hydroxyl groups is 1. The molecule has 4 rings (SSSR count). The van der Waals surface area contributed by atoms with Gasteiger partial charge in [-0.3, -0.25) is 4.79 Å². The normalized spacial score (nSPS) is 11.9. The molecule has 0 spiro atoms. The lowest BCUT2D eigenvalue weighted by atomic mass is 9.99. The van der Waals surface area contributed by atoms with E-state index < -0.39 is 11.4 Å². The first-order chi connectivity index (χ1) is 16.0. The van der Waals surface area contributed by atoms with Crippen LogP contribution in [-0.2, 0) is 23.4 Å². The SMILES string of the molecule is Cc1noc(-c2ccc(-c3ccc(CC(=O)O)cc3)cc2)c1C[C@@H](O)SCc1ccccc1. The number of nitrogens with zero attached hydrogens (tertiary/aromatic N) is 1. The number of hydrogen-bond donors (Lipinski definition) is 2. The van der Waals surface area contributed by atoms with Crippen LogP contribution in [0.4, 0.5) is 0 Å². The molecule has 0 bridgehead atoms. The van der Waals surface area contributed by atoms with Crippen molar-refractivity contribution >= 4 is 17.7 Å². The average Bonchev–Trinajstić information content (AvgIpc) is 3.18. The molecular formula is C27H25NO4S. The summed E-state index contributed by atoms with van der Waals surface area (Å²) in [5.74, 6) is 0.575. The summed E-state index contributed by atoms with van der Waals surface area (Å²) in [6.45, 7) is 1.89. The van der Waals surface area contributed by atoms with Gasteiger partial charge in [-0.1, -0.05) is 84.0 Å². The molecule has 0 radical (unpaired) electrons. The largest absolute Gasteiger partial charge is 0.481 e. The lowest BCUT2D eigenvalue weighted by Crippen LogP contribution is -2.07. The summed E-state index contributed by atoms with van der Waals surface area (Å²) in [5, 5.41) is 23.7. The molecule has 4 aromatic rings. The molecule has 0 aliphatic carbocycles. The summed E-state index contributed by atoms with van der Waals surface area (Å²) >= 11 is 1.49. The highest BCUT2D eigenvalue weighted by Crippen LogP contribution is 2.31. The van der Waals surface area contributed by atoms with E-state index in [-0.39, 0.29) is 6.42 Å². The first-order valence-corrected chi connectivity index (χ1v) is 11.7. The lowest BCUT2D eigenvalue weighted by Gasteiger charge is -2.11. The van der Waals surface area contributed by atoms with E-state index in [1.165, 1.54) is 17.3 Å². The standard InChI is InChI=1S/C27H25NO4S/c1-18-24(16-26(31)33-17-20-5-3-2-4-6-20)27(32-28-18)23-13-11-22(12-14-23)21-9-7-19(8-10-21)15-25(29)30/h2-14,26,31H,15-17H2,1H3,(H,29,30)/t26-/m0/s1. The van der Waals surface area contributed by atoms with E-state index in [2.05, 4.69) is 17.3 Å². The highest BCUT2D eigenvalue weighted by atomic mass is 32.2. The van der Waals surface area contributed by atoms with Gasteiger partial charge < -0.3 is 14.7 Å². The van der Waals surface area contributed by atoms with Crippen molar-refractivity contribution in [2.45, 2.75) is 31.0 Å². The molecule has 3 aromatic carbocycles. The van der Waals surface area contributed by atoms with Crippen molar-refractivity contribution in [1.82, 2.24) is 5.16 Å². The first-order valence-electron chi connectivity index (χ1n) is 10.7. The van der Waals surface area contributed by atoms with Gasteiger partial charge in [-0.25, -0.2) is 0 Å². The second-order valence-electron chi connectivity index (χ2n) is 7.88. The predicted molar refractivity (Wildman–Crippen MR) is 131 cm³/mol. The number of hydrogen-bond acceptors (Lipinski definition) is 5. The zero-order chi connectivity index (χ0) is 23.2. The Kier molecular flexibility index (Phi) is 7.27. The summed E-state index contributed by atoms with van der Waals surface area (Å²) < 4.78 is 5.62. The van der Waals surface area contributed by atoms with E-state index in [1.807, 2.05) is 73.7 Å². The third-order valence-corrected chi connectivity index (χ3v) is 6.49. The molecule has 33 heavy (non-hydrogen) atoms. The Labute approximate surface area is 197 Å². The molecule has 0 fully saturated rings. The van der Waals surface area contributed by atoms with Crippen molar-refractivity contribution in [1.29, 1.82) is 0 Å². The number of aliphatic carboxylic acids is 1. The highest BCUT2D eigenvalue weighted by Gasteiger charge is 2.19. The molecule has 1 aromatic heterocycles. The fraction of sp³-hybridized carbons (Fsp3) is 0.185. The second kappa shape index (κ2) is 10.5. The van der Waals surface area contributed by atoms with Gasteiger partial charge in [-0.05, 0) is 29.2 Å². The van der Waals surface area contributed by atoms with Gasteiger partial charge in [0.15, 0.2) is 5.76 Å². The number of benzene rings is 3. The quantitative estimate of drug-likeness (QED) is 0.311. The third kappa shape index (κ3) is 5.92. The topological polar surface area (TPSA) is 83.6 Å². The van der Waals surface area contributed by atoms with Gasteiger partial charge in [0.1, 0.15) is 5.44 Å². The Hall–Kier alpha value is -3.35. The van der Waals surface area contributed by atoms with Crippen LogP contribution in [0.2, 0.25) is 0 Å². The number of thioether (sulfide) groups is 1. The second-order valence-corrected chi connectivity index (χ2v) is 9.04. The molecule has 1 heterocycles. The molecule has 2 N–H and O–H groups in total. The van der Waals surface area contributed by atoms with Crippen LogP contribution in [0.1, 0.15) is 22.4 Å². The van der Waals surface area contributed by atoms with Gasteiger partial charge in [0.05, 0.1) is 12.1 Å². The maximum Gasteiger partial charge on any atom is 0.307 e. The Bertz CT molecular complexity index is 1200. The zero-order valence-corrected chi connectivity index (χ0v) is 19.1. The molecule has 0 aliphatic rings. The van der Waals surface area contributed by atoms with Crippen molar-refractivity contribution in [3.05, 3.63) is 101 Å². The molecule has 168 valence electrons. The van der Waals surface area contributed by atoms with Crippen LogP contribution >= 0.6 is 11.8 Å². The van der Waals surface area contributed by atoms with Crippen molar-refractivity contribution in [3.8, 4) is 22.5 Å². The summed E-state index contributed by atoms with van der Waals surface area (Å²) in [6.07, 6.45) is 0.470. The fourth-order valence-electron chi connectivity index (χ4n) is 3.66. The minimum atomic E-state index is -0.839. The van der Waals surface area contributed by atoms with Crippen LogP contribution in [-0.4, -0.2) is 26.8 Å². The maximum absolute atomic E-state index is 10.9. The van der Waals surface area contributed by atoms with Crippen molar-refractivity contribution < 1.29 is 19.5 Å². The Morgan fingerprint density at radius 2 is 1.52 bits per heavy atom. The molecule has 5 nitrogen and oxygen atoms in total. The van der Waals surface area contributed by atoms with Crippen LogP contribution in [0, 0.1) is 6.92 Å². The van der Waals surface area contributed by atoms with Crippen LogP contribution in [0.15, 0.2) is 83.4 Å². The smallest absolute Gasteiger partial charge is 0.307 e. The maximum atomic E-state index is 10.9. The Morgan fingerprint density at radius 1 is 0.909 bits per heavy atom. The summed E-state index contributed by atoms with van der Waals surface area (Å²) in [6, 6.07) is 25.6. The van der Waals surface area contributed by atoms with Gasteiger partial charge in [-0.2, -0.15) is 0 Å². The highest BCUT2D eigenvalue weighted by molar-refractivity contribution is 7.98. The van der Waals surface area contributed by atoms with Crippen LogP contribution < -0.4 is 0 Å². The zero-order valence-electron chi connectivity index (χ0n) is 18.3. The average molecular weight is 460 g/mol. The summed E-state index contributed by atoms with van der Waals surface area (Å²) in [4.78, 5) is 10.9. The number of carbonyl (C=O) groups is 1. The van der Waals surface area contributed by atoms with Gasteiger partial charge in [0, 0.05) is 23.3 Å². The number of carboxylic acids is 1. The van der Waals surface area contributed by atoms with Gasteiger partial charge in [0.25, 0.3) is 0 Å². The molecule has 0 amide bonds. The van der Waals surface area contributed by atoms with Crippen LogP contribution in [0.3, 0.4) is 0 Å². The summed E-state index contributed by atoms with van der Waals surface area (Å²) in [7, 11) is 0. The molecule has 1 atom stereocenters. The number of aryl methyl sites for hydroxylation is 1. The van der Waals surface area contributed by atoms with Crippen LogP contribution in [0.5, 0.6) is 0 Å². The van der Waals surface area contributed by atoms with Crippen LogP contribution in [0.25, 0.3) is 22.5 Å². The van der Waals surface area contributed by atoms with E-state index in [4.69, 9.17) is 9.63 Å². The van der Waals surface area contributed by atoms with E-state index in [0.29, 0.717) is 12.2 Å². The van der Waals surface area contributed by atoms with Gasteiger partial charge in [-0.15, -0.1) is 11.8 Å². The molecule has 0 aliphatic heterocycles. The molecule has 6 heteroatoms. The van der Waals surface area contributed by atoms with E-state index >= 15 is 0 Å². The number of aliphatic hydroxyl groups excluding tert-OH is 1. The van der Waals surface area contributed by atoms with Crippen molar-refractivity contribution in [3.63, 3.8) is 0 Å². The first kappa shape index (κ1) is 22.8. The van der Waals surface area contributed by atoms with E-state index in [1.54, 1.807) is 0 Å². The van der Waals surface area contributed by atoms with Gasteiger partial charge >= 0.3 is 5.97 Å². The minimum absolute atomic E-state index is 0.0162. The van der Waals surface area contributed by atoms with Gasteiger partial charge in [0.2, 0.25) is 0 Å². The summed E-state index contributed by atoms with van der Waals surface area (Å²) in [5.41, 5.74) is 6.01. The number of carboxylic acid groups (broad SMARTS) is 1. The monoisotopic (exact) mass is 459 g/mol. The molecular weight excluding hydrogens is 434 g/mol. The minimum Gasteiger partial charge on any atom is -0.481 e. The molecule has 0 saturated heterocycles. The molecule has 0 unspecified atom stereocenters. The Morgan fingerprint density at radius 3 is 2.15 bits per heavy atom. The lowest BCUT2D eigenvalue weighted by molar-refractivity contribution is -0.136. The van der Waals surface area contributed by atoms with E-state index in [9.17, 15) is 9.90 Å². The number of aromatic nitrogens is 1. The van der Waals surface area contributed by atoms with E-state index in [0.717, 1.165) is 39.3 Å². The predicted octanol–water partition coefficient (Wildman–Crippen LogP) is 5.74. The Balaban J connectivity index is 1.45. The molecule has 0 saturated carbocycles.